The van der Waals surface area contributed by atoms with Crippen molar-refractivity contribution in [1.82, 2.24) is 0 Å². The molecule has 0 N–H and O–H groups in total. The minimum Gasteiger partial charge on any atom is -0.356 e. The molecule has 2 aromatic carbocycles. The zero-order chi connectivity index (χ0) is 11.3. The molecule has 1 heteroatoms. The van der Waals surface area contributed by atoms with Crippen LogP contribution in [0.2, 0.25) is 0 Å². The summed E-state index contributed by atoms with van der Waals surface area (Å²) in [6, 6.07) is 19.3. The Morgan fingerprint density at radius 2 is 1.71 bits per heavy atom. The third-order valence-electron chi connectivity index (χ3n) is 4.02. The fraction of sp³-hybridized carbons (Fsp3) is 0.250. The molecule has 1 heterocycles. The van der Waals surface area contributed by atoms with Crippen LogP contribution >= 0.6 is 0 Å². The van der Waals surface area contributed by atoms with Crippen LogP contribution in [0.3, 0.4) is 0 Å². The Labute approximate surface area is 101 Å². The molecule has 2 unspecified atom stereocenters. The minimum absolute atomic E-state index is 0.129. The Balaban J connectivity index is 1.92. The smallest absolute Gasteiger partial charge is 0.145 e. The molecule has 1 nitrogen and oxygen atoms in total. The fourth-order valence-electron chi connectivity index (χ4n) is 3.17. The lowest BCUT2D eigenvalue weighted by Crippen LogP contribution is -2.21. The molecule has 84 valence electrons. The second-order valence-corrected chi connectivity index (χ2v) is 4.90. The molecule has 0 saturated carbocycles. The predicted octanol–water partition coefficient (Wildman–Crippen LogP) is 3.28. The van der Waals surface area contributed by atoms with Crippen molar-refractivity contribution >= 4 is 0 Å². The highest BCUT2D eigenvalue weighted by Gasteiger charge is 2.60. The van der Waals surface area contributed by atoms with Gasteiger partial charge in [0.1, 0.15) is 5.60 Å². The van der Waals surface area contributed by atoms with Crippen LogP contribution in [0.15, 0.2) is 54.6 Å². The first-order valence-corrected chi connectivity index (χ1v) is 6.23. The van der Waals surface area contributed by atoms with Crippen molar-refractivity contribution in [3.8, 4) is 0 Å². The van der Waals surface area contributed by atoms with E-state index in [4.69, 9.17) is 4.74 Å². The van der Waals surface area contributed by atoms with Gasteiger partial charge >= 0.3 is 0 Å². The van der Waals surface area contributed by atoms with Crippen molar-refractivity contribution in [2.45, 2.75) is 24.5 Å². The predicted molar refractivity (Wildman–Crippen MR) is 66.9 cm³/mol. The third kappa shape index (κ3) is 1.18. The topological polar surface area (TPSA) is 12.5 Å². The minimum atomic E-state index is -0.129. The van der Waals surface area contributed by atoms with Crippen molar-refractivity contribution in [2.75, 3.05) is 0 Å². The van der Waals surface area contributed by atoms with Crippen molar-refractivity contribution in [3.05, 3.63) is 71.3 Å². The highest BCUT2D eigenvalue weighted by Crippen LogP contribution is 2.56. The Kier molecular flexibility index (Phi) is 1.78. The lowest BCUT2D eigenvalue weighted by molar-refractivity contribution is 0.329. The molecule has 0 bridgehead atoms. The van der Waals surface area contributed by atoms with Gasteiger partial charge in [0.05, 0.1) is 6.10 Å². The van der Waals surface area contributed by atoms with Crippen LogP contribution < -0.4 is 0 Å². The van der Waals surface area contributed by atoms with Crippen molar-refractivity contribution in [2.24, 2.45) is 0 Å². The molecule has 1 saturated heterocycles. The van der Waals surface area contributed by atoms with Crippen LogP contribution in [0.25, 0.3) is 0 Å². The van der Waals surface area contributed by atoms with Crippen LogP contribution in [0.1, 0.15) is 23.1 Å². The first kappa shape index (κ1) is 9.43. The molecule has 0 spiro atoms. The quantitative estimate of drug-likeness (QED) is 0.675. The zero-order valence-corrected chi connectivity index (χ0v) is 9.60. The van der Waals surface area contributed by atoms with Gasteiger partial charge in [-0.2, -0.15) is 0 Å². The summed E-state index contributed by atoms with van der Waals surface area (Å²) < 4.78 is 6.08. The lowest BCUT2D eigenvalue weighted by atomic mass is 9.79. The van der Waals surface area contributed by atoms with Crippen molar-refractivity contribution in [3.63, 3.8) is 0 Å². The molecule has 1 aliphatic carbocycles. The largest absolute Gasteiger partial charge is 0.356 e. The van der Waals surface area contributed by atoms with Gasteiger partial charge in [-0.1, -0.05) is 54.6 Å². The Morgan fingerprint density at radius 1 is 0.941 bits per heavy atom. The van der Waals surface area contributed by atoms with E-state index in [1.54, 1.807) is 0 Å². The van der Waals surface area contributed by atoms with Gasteiger partial charge in [-0.15, -0.1) is 0 Å². The van der Waals surface area contributed by atoms with Crippen LogP contribution in [-0.2, 0) is 16.8 Å². The van der Waals surface area contributed by atoms with Gasteiger partial charge in [0.25, 0.3) is 0 Å². The molecule has 2 atom stereocenters. The lowest BCUT2D eigenvalue weighted by Gasteiger charge is -2.21. The third-order valence-corrected chi connectivity index (χ3v) is 4.02. The number of epoxide rings is 1. The van der Waals surface area contributed by atoms with E-state index in [1.165, 1.54) is 16.7 Å². The number of fused-ring (bicyclic) bond motifs is 3. The molecule has 17 heavy (non-hydrogen) atoms. The molecule has 0 aromatic heterocycles. The molecule has 2 aromatic rings. The molecule has 1 fully saturated rings. The summed E-state index contributed by atoms with van der Waals surface area (Å²) >= 11 is 0. The Morgan fingerprint density at radius 3 is 2.59 bits per heavy atom. The van der Waals surface area contributed by atoms with E-state index in [1.807, 2.05) is 0 Å². The van der Waals surface area contributed by atoms with E-state index in [2.05, 4.69) is 54.6 Å². The van der Waals surface area contributed by atoms with Gasteiger partial charge in [0.2, 0.25) is 0 Å². The molecular formula is C16H14O. The summed E-state index contributed by atoms with van der Waals surface area (Å²) in [6.07, 6.45) is 2.68. The van der Waals surface area contributed by atoms with Crippen LogP contribution in [0, 0.1) is 0 Å². The van der Waals surface area contributed by atoms with E-state index in [0.717, 1.165) is 12.8 Å². The van der Waals surface area contributed by atoms with Crippen LogP contribution in [0.5, 0.6) is 0 Å². The molecule has 4 rings (SSSR count). The highest BCUT2D eigenvalue weighted by atomic mass is 16.6. The van der Waals surface area contributed by atoms with E-state index >= 15 is 0 Å². The summed E-state index contributed by atoms with van der Waals surface area (Å²) in [5.74, 6) is 0. The SMILES string of the molecule is c1ccc(C23OC2CCc2ccccc23)cc1. The number of ether oxygens (including phenoxy) is 1. The average molecular weight is 222 g/mol. The standard InChI is InChI=1S/C16H14O/c1-2-7-13(8-3-1)16-14-9-5-4-6-12(14)10-11-15(16)17-16/h1-9,15H,10-11H2. The van der Waals surface area contributed by atoms with Gasteiger partial charge in [-0.25, -0.2) is 0 Å². The Bertz CT molecular complexity index is 561. The van der Waals surface area contributed by atoms with E-state index in [9.17, 15) is 0 Å². The second-order valence-electron chi connectivity index (χ2n) is 4.90. The summed E-state index contributed by atoms with van der Waals surface area (Å²) in [5.41, 5.74) is 4.00. The maximum Gasteiger partial charge on any atom is 0.145 e. The van der Waals surface area contributed by atoms with Gasteiger partial charge in [-0.3, -0.25) is 0 Å². The zero-order valence-electron chi connectivity index (χ0n) is 9.60. The molecular weight excluding hydrogens is 208 g/mol. The van der Waals surface area contributed by atoms with Gasteiger partial charge < -0.3 is 4.74 Å². The fourth-order valence-corrected chi connectivity index (χ4v) is 3.17. The molecule has 0 amide bonds. The number of rotatable bonds is 1. The number of hydrogen-bond donors (Lipinski definition) is 0. The number of benzene rings is 2. The van der Waals surface area contributed by atoms with Crippen molar-refractivity contribution < 1.29 is 4.74 Å². The van der Waals surface area contributed by atoms with Gasteiger partial charge in [0.15, 0.2) is 0 Å². The van der Waals surface area contributed by atoms with E-state index < -0.39 is 0 Å². The average Bonchev–Trinajstić information content (AvgIpc) is 3.16. The summed E-state index contributed by atoms with van der Waals surface area (Å²) in [7, 11) is 0. The van der Waals surface area contributed by atoms with Crippen molar-refractivity contribution in [1.29, 1.82) is 0 Å². The van der Waals surface area contributed by atoms with Crippen LogP contribution in [-0.4, -0.2) is 6.10 Å². The van der Waals surface area contributed by atoms with Gasteiger partial charge in [-0.05, 0) is 29.5 Å². The molecule has 0 radical (unpaired) electrons. The summed E-state index contributed by atoms with van der Waals surface area (Å²) in [4.78, 5) is 0. The number of aryl methyl sites for hydroxylation is 1. The number of hydrogen-bond acceptors (Lipinski definition) is 1. The first-order valence-electron chi connectivity index (χ1n) is 6.23. The second kappa shape index (κ2) is 3.21. The maximum atomic E-state index is 6.08. The monoisotopic (exact) mass is 222 g/mol. The van der Waals surface area contributed by atoms with Crippen LogP contribution in [0.4, 0.5) is 0 Å². The molecule has 2 aliphatic rings. The van der Waals surface area contributed by atoms with E-state index in [-0.39, 0.29) is 5.60 Å². The summed E-state index contributed by atoms with van der Waals surface area (Å²) in [6.45, 7) is 0. The van der Waals surface area contributed by atoms with E-state index in [0.29, 0.717) is 6.10 Å². The molecule has 1 aliphatic heterocycles. The highest BCUT2D eigenvalue weighted by molar-refractivity contribution is 5.49. The Hall–Kier alpha value is -1.60. The first-order chi connectivity index (χ1) is 8.41. The maximum absolute atomic E-state index is 6.08. The normalized spacial score (nSPS) is 29.3. The van der Waals surface area contributed by atoms with Gasteiger partial charge in [0, 0.05) is 0 Å². The summed E-state index contributed by atoms with van der Waals surface area (Å²) in [5, 5.41) is 0.